The van der Waals surface area contributed by atoms with Gasteiger partial charge in [0.1, 0.15) is 0 Å². The molecule has 1 amide bonds. The maximum Gasteiger partial charge on any atom is 0.233 e. The quantitative estimate of drug-likeness (QED) is 0.347. The van der Waals surface area contributed by atoms with E-state index in [1.54, 1.807) is 12.4 Å². The molecule has 178 valence electrons. The van der Waals surface area contributed by atoms with Crippen molar-refractivity contribution in [2.24, 2.45) is 0 Å². The zero-order chi connectivity index (χ0) is 24.0. The molecule has 0 atom stereocenters. The molecule has 0 N–H and O–H groups in total. The van der Waals surface area contributed by atoms with E-state index >= 15 is 0 Å². The van der Waals surface area contributed by atoms with Crippen molar-refractivity contribution in [3.8, 4) is 17.1 Å². The molecule has 2 aromatic heterocycles. The summed E-state index contributed by atoms with van der Waals surface area (Å²) >= 11 is 7.90. The highest BCUT2D eigenvalue weighted by Crippen LogP contribution is 2.31. The Labute approximate surface area is 213 Å². The van der Waals surface area contributed by atoms with Crippen LogP contribution in [0.3, 0.4) is 0 Å². The second kappa shape index (κ2) is 11.0. The first-order valence-electron chi connectivity index (χ1n) is 11.5. The molecular formula is C26H25ClN6OS. The van der Waals surface area contributed by atoms with E-state index in [1.165, 1.54) is 17.3 Å². The van der Waals surface area contributed by atoms with E-state index in [4.69, 9.17) is 11.6 Å². The van der Waals surface area contributed by atoms with Crippen LogP contribution in [0.2, 0.25) is 5.02 Å². The minimum Gasteiger partial charge on any atom is -0.339 e. The summed E-state index contributed by atoms with van der Waals surface area (Å²) in [6.45, 7) is 4.10. The van der Waals surface area contributed by atoms with E-state index in [-0.39, 0.29) is 11.7 Å². The van der Waals surface area contributed by atoms with Crippen LogP contribution in [-0.2, 0) is 11.3 Å². The lowest BCUT2D eigenvalue weighted by Gasteiger charge is -2.34. The van der Waals surface area contributed by atoms with Crippen molar-refractivity contribution in [1.29, 1.82) is 0 Å². The highest BCUT2D eigenvalue weighted by atomic mass is 35.5. The van der Waals surface area contributed by atoms with Crippen molar-refractivity contribution in [3.05, 3.63) is 89.7 Å². The number of hydrogen-bond donors (Lipinski definition) is 0. The fraction of sp³-hybridized carbons (Fsp3) is 0.231. The van der Waals surface area contributed by atoms with E-state index in [0.717, 1.165) is 44.0 Å². The van der Waals surface area contributed by atoms with Crippen molar-refractivity contribution in [1.82, 2.24) is 29.5 Å². The van der Waals surface area contributed by atoms with Crippen LogP contribution in [0.4, 0.5) is 0 Å². The van der Waals surface area contributed by atoms with Crippen molar-refractivity contribution in [2.75, 3.05) is 31.9 Å². The van der Waals surface area contributed by atoms with Crippen LogP contribution in [0.25, 0.3) is 17.1 Å². The first-order valence-corrected chi connectivity index (χ1v) is 12.8. The fourth-order valence-corrected chi connectivity index (χ4v) is 5.18. The Balaban J connectivity index is 1.26. The molecular weight excluding hydrogens is 480 g/mol. The van der Waals surface area contributed by atoms with Gasteiger partial charge in [0.15, 0.2) is 11.0 Å². The van der Waals surface area contributed by atoms with Gasteiger partial charge in [0.05, 0.1) is 16.5 Å². The Bertz CT molecular complexity index is 1280. The number of carbonyl (C=O) groups excluding carboxylic acids is 1. The van der Waals surface area contributed by atoms with Gasteiger partial charge in [-0.25, -0.2) is 0 Å². The summed E-state index contributed by atoms with van der Waals surface area (Å²) in [6.07, 6.45) is 3.46. The van der Waals surface area contributed by atoms with Crippen LogP contribution in [0.5, 0.6) is 0 Å². The lowest BCUT2D eigenvalue weighted by Crippen LogP contribution is -2.48. The van der Waals surface area contributed by atoms with E-state index < -0.39 is 0 Å². The number of aromatic nitrogens is 4. The fourth-order valence-electron chi connectivity index (χ4n) is 4.11. The minimum atomic E-state index is 0.103. The van der Waals surface area contributed by atoms with Gasteiger partial charge in [-0.3, -0.25) is 19.2 Å². The van der Waals surface area contributed by atoms with Crippen LogP contribution in [0.15, 0.2) is 84.3 Å². The van der Waals surface area contributed by atoms with Gasteiger partial charge in [0.2, 0.25) is 5.91 Å². The highest BCUT2D eigenvalue weighted by molar-refractivity contribution is 7.99. The Hall–Kier alpha value is -3.20. The lowest BCUT2D eigenvalue weighted by atomic mass is 10.2. The molecule has 5 rings (SSSR count). The number of para-hydroxylation sites is 1. The van der Waals surface area contributed by atoms with Gasteiger partial charge in [-0.05, 0) is 29.8 Å². The van der Waals surface area contributed by atoms with Crippen LogP contribution in [0.1, 0.15) is 5.56 Å². The third-order valence-electron chi connectivity index (χ3n) is 5.95. The van der Waals surface area contributed by atoms with E-state index in [1.807, 2.05) is 51.9 Å². The molecule has 0 saturated carbocycles. The van der Waals surface area contributed by atoms with Crippen molar-refractivity contribution < 1.29 is 4.79 Å². The topological polar surface area (TPSA) is 67.2 Å². The highest BCUT2D eigenvalue weighted by Gasteiger charge is 2.23. The number of nitrogens with zero attached hydrogens (tertiary/aromatic N) is 6. The molecule has 0 bridgehead atoms. The van der Waals surface area contributed by atoms with Gasteiger partial charge in [-0.1, -0.05) is 65.8 Å². The average Bonchev–Trinajstić information content (AvgIpc) is 3.33. The maximum atomic E-state index is 13.0. The monoisotopic (exact) mass is 504 g/mol. The molecule has 7 nitrogen and oxygen atoms in total. The SMILES string of the molecule is O=C(CSc1nnc(-c2cccnc2)n1-c1ccccc1Cl)N1CCN(Cc2ccccc2)CC1. The third kappa shape index (κ3) is 5.56. The van der Waals surface area contributed by atoms with Gasteiger partial charge < -0.3 is 4.90 Å². The summed E-state index contributed by atoms with van der Waals surface area (Å²) in [7, 11) is 0. The van der Waals surface area contributed by atoms with E-state index in [0.29, 0.717) is 16.0 Å². The number of thioether (sulfide) groups is 1. The number of halogens is 1. The van der Waals surface area contributed by atoms with Crippen molar-refractivity contribution in [2.45, 2.75) is 11.7 Å². The standard InChI is InChI=1S/C26H25ClN6OS/c27-22-10-4-5-11-23(22)33-25(21-9-6-12-28-17-21)29-30-26(33)35-19-24(34)32-15-13-31(14-16-32)18-20-7-2-1-3-8-20/h1-12,17H,13-16,18-19H2. The third-order valence-corrected chi connectivity index (χ3v) is 7.18. The Morgan fingerprint density at radius 1 is 0.914 bits per heavy atom. The first-order chi connectivity index (χ1) is 17.2. The molecule has 0 unspecified atom stereocenters. The van der Waals surface area contributed by atoms with Crippen LogP contribution >= 0.6 is 23.4 Å². The zero-order valence-corrected chi connectivity index (χ0v) is 20.7. The number of piperazine rings is 1. The predicted molar refractivity (Wildman–Crippen MR) is 139 cm³/mol. The summed E-state index contributed by atoms with van der Waals surface area (Å²) < 4.78 is 1.90. The Morgan fingerprint density at radius 2 is 1.69 bits per heavy atom. The largest absolute Gasteiger partial charge is 0.339 e. The summed E-state index contributed by atoms with van der Waals surface area (Å²) in [6, 6.07) is 21.8. The number of carbonyl (C=O) groups is 1. The molecule has 1 aliphatic rings. The zero-order valence-electron chi connectivity index (χ0n) is 19.1. The molecule has 9 heteroatoms. The van der Waals surface area contributed by atoms with Gasteiger partial charge in [0, 0.05) is 50.7 Å². The number of pyridine rings is 1. The summed E-state index contributed by atoms with van der Waals surface area (Å²) in [5, 5.41) is 10.0. The number of rotatable bonds is 7. The molecule has 35 heavy (non-hydrogen) atoms. The second-order valence-corrected chi connectivity index (χ2v) is 9.62. The molecule has 0 spiro atoms. The molecule has 2 aromatic carbocycles. The lowest BCUT2D eigenvalue weighted by molar-refractivity contribution is -0.130. The van der Waals surface area contributed by atoms with E-state index in [2.05, 4.69) is 44.3 Å². The molecule has 4 aromatic rings. The van der Waals surface area contributed by atoms with Crippen LogP contribution < -0.4 is 0 Å². The summed E-state index contributed by atoms with van der Waals surface area (Å²) in [5.41, 5.74) is 2.89. The normalized spacial score (nSPS) is 14.3. The van der Waals surface area contributed by atoms with E-state index in [9.17, 15) is 4.79 Å². The molecule has 3 heterocycles. The summed E-state index contributed by atoms with van der Waals surface area (Å²) in [5.74, 6) is 1.02. The smallest absolute Gasteiger partial charge is 0.233 e. The van der Waals surface area contributed by atoms with Gasteiger partial charge >= 0.3 is 0 Å². The summed E-state index contributed by atoms with van der Waals surface area (Å²) in [4.78, 5) is 21.6. The second-order valence-electron chi connectivity index (χ2n) is 8.27. The maximum absolute atomic E-state index is 13.0. The Morgan fingerprint density at radius 3 is 2.43 bits per heavy atom. The number of amides is 1. The Kier molecular flexibility index (Phi) is 7.42. The molecule has 1 aliphatic heterocycles. The van der Waals surface area contributed by atoms with Gasteiger partial charge in [-0.15, -0.1) is 10.2 Å². The first kappa shape index (κ1) is 23.5. The van der Waals surface area contributed by atoms with Gasteiger partial charge in [0.25, 0.3) is 0 Å². The van der Waals surface area contributed by atoms with Gasteiger partial charge in [-0.2, -0.15) is 0 Å². The molecule has 0 radical (unpaired) electrons. The van der Waals surface area contributed by atoms with Crippen LogP contribution in [0, 0.1) is 0 Å². The van der Waals surface area contributed by atoms with Crippen molar-refractivity contribution >= 4 is 29.3 Å². The number of benzene rings is 2. The molecule has 1 fully saturated rings. The molecule has 1 saturated heterocycles. The minimum absolute atomic E-state index is 0.103. The van der Waals surface area contributed by atoms with Crippen LogP contribution in [-0.4, -0.2) is 67.4 Å². The number of hydrogen-bond acceptors (Lipinski definition) is 6. The average molecular weight is 505 g/mol. The van der Waals surface area contributed by atoms with Crippen molar-refractivity contribution in [3.63, 3.8) is 0 Å². The predicted octanol–water partition coefficient (Wildman–Crippen LogP) is 4.42. The molecule has 0 aliphatic carbocycles.